The lowest BCUT2D eigenvalue weighted by Crippen LogP contribution is -2.57. The number of carbonyl (C=O) groups excluding carboxylic acids is 5. The number of aliphatic carboxylic acids is 1. The molecule has 0 unspecified atom stereocenters. The van der Waals surface area contributed by atoms with Crippen molar-refractivity contribution in [1.82, 2.24) is 36.6 Å². The van der Waals surface area contributed by atoms with Crippen molar-refractivity contribution in [2.45, 2.75) is 76.7 Å². The van der Waals surface area contributed by atoms with E-state index in [-0.39, 0.29) is 44.7 Å². The highest BCUT2D eigenvalue weighted by Crippen LogP contribution is 2.02. The number of aromatic nitrogens is 2. The lowest BCUT2D eigenvalue weighted by Gasteiger charge is -2.23. The van der Waals surface area contributed by atoms with Crippen LogP contribution in [0.4, 0.5) is 0 Å². The first-order chi connectivity index (χ1) is 19.7. The number of rotatable bonds is 18. The number of imidazole rings is 1. The average Bonchev–Trinajstić information content (AvgIpc) is 3.42. The second-order valence-corrected chi connectivity index (χ2v) is 9.48. The lowest BCUT2D eigenvalue weighted by molar-refractivity contribution is -0.142. The van der Waals surface area contributed by atoms with Gasteiger partial charge in [-0.3, -0.25) is 29.0 Å². The Morgan fingerprint density at radius 1 is 0.881 bits per heavy atom. The van der Waals surface area contributed by atoms with Gasteiger partial charge in [-0.25, -0.2) is 9.78 Å². The van der Waals surface area contributed by atoms with E-state index >= 15 is 0 Å². The highest BCUT2D eigenvalue weighted by Gasteiger charge is 2.28. The van der Waals surface area contributed by atoms with E-state index in [2.05, 4.69) is 41.5 Å². The maximum atomic E-state index is 12.9. The van der Waals surface area contributed by atoms with Crippen molar-refractivity contribution in [3.8, 4) is 0 Å². The quantitative estimate of drug-likeness (QED) is 0.0442. The number of guanidine groups is 1. The van der Waals surface area contributed by atoms with Crippen LogP contribution in [0.2, 0.25) is 0 Å². The molecule has 0 aromatic carbocycles. The molecule has 0 spiro atoms. The Morgan fingerprint density at radius 3 is 1.90 bits per heavy atom. The van der Waals surface area contributed by atoms with E-state index < -0.39 is 65.7 Å². The molecule has 1 heterocycles. The SMILES string of the molecule is C[C@H](NC(=O)[C@H](C)NC(=O)[C@H](Cc1cnc[nH]1)NC(=O)CCN)C(=O)N[C@@H](C)C(=O)N[C@@H](CCCN=C(N)N)C(=O)O. The Bertz CT molecular complexity index is 1110. The molecule has 18 nitrogen and oxygen atoms in total. The number of hydrogen-bond acceptors (Lipinski definition) is 9. The molecule has 42 heavy (non-hydrogen) atoms. The maximum absolute atomic E-state index is 12.9. The number of aromatic amines is 1. The van der Waals surface area contributed by atoms with E-state index in [4.69, 9.17) is 17.2 Å². The van der Waals surface area contributed by atoms with Gasteiger partial charge in [0.05, 0.1) is 6.33 Å². The zero-order valence-corrected chi connectivity index (χ0v) is 23.8. The second kappa shape index (κ2) is 17.8. The first-order valence-electron chi connectivity index (χ1n) is 13.2. The number of aliphatic imine (C=N–C) groups is 1. The predicted octanol–water partition coefficient (Wildman–Crippen LogP) is -4.08. The van der Waals surface area contributed by atoms with E-state index in [9.17, 15) is 33.9 Å². The average molecular weight is 596 g/mol. The summed E-state index contributed by atoms with van der Waals surface area (Å²) < 4.78 is 0. The van der Waals surface area contributed by atoms with E-state index in [0.29, 0.717) is 5.69 Å². The summed E-state index contributed by atoms with van der Waals surface area (Å²) in [7, 11) is 0. The van der Waals surface area contributed by atoms with Crippen molar-refractivity contribution >= 4 is 41.5 Å². The molecule has 1 aromatic heterocycles. The number of carboxylic acid groups (broad SMARTS) is 1. The zero-order valence-electron chi connectivity index (χ0n) is 23.8. The van der Waals surface area contributed by atoms with Crippen molar-refractivity contribution in [3.05, 3.63) is 18.2 Å². The van der Waals surface area contributed by atoms with Crippen LogP contribution in [-0.2, 0) is 35.2 Å². The summed E-state index contributed by atoms with van der Waals surface area (Å²) in [5.74, 6) is -4.68. The summed E-state index contributed by atoms with van der Waals surface area (Å²) in [6.45, 7) is 4.37. The van der Waals surface area contributed by atoms with Crippen molar-refractivity contribution in [2.75, 3.05) is 13.1 Å². The molecule has 5 atom stereocenters. The van der Waals surface area contributed by atoms with Crippen LogP contribution < -0.4 is 43.8 Å². The van der Waals surface area contributed by atoms with Crippen molar-refractivity contribution in [3.63, 3.8) is 0 Å². The number of hydrogen-bond donors (Lipinski definition) is 10. The van der Waals surface area contributed by atoms with Gasteiger partial charge in [-0.1, -0.05) is 0 Å². The number of amides is 5. The molecule has 0 aliphatic heterocycles. The summed E-state index contributed by atoms with van der Waals surface area (Å²) in [5.41, 5.74) is 16.4. The molecule has 0 radical (unpaired) electrons. The molecule has 0 saturated carbocycles. The lowest BCUT2D eigenvalue weighted by atomic mass is 10.1. The van der Waals surface area contributed by atoms with Gasteiger partial charge < -0.3 is 53.9 Å². The highest BCUT2D eigenvalue weighted by atomic mass is 16.4. The van der Waals surface area contributed by atoms with Crippen LogP contribution in [-0.4, -0.2) is 99.8 Å². The minimum Gasteiger partial charge on any atom is -0.480 e. The first-order valence-corrected chi connectivity index (χ1v) is 13.2. The Morgan fingerprint density at radius 2 is 1.43 bits per heavy atom. The van der Waals surface area contributed by atoms with Gasteiger partial charge in [-0.05, 0) is 33.6 Å². The number of nitrogens with two attached hydrogens (primary N) is 3. The van der Waals surface area contributed by atoms with Crippen LogP contribution in [0.15, 0.2) is 17.5 Å². The van der Waals surface area contributed by atoms with Crippen molar-refractivity contribution < 1.29 is 33.9 Å². The number of nitrogens with one attached hydrogen (secondary N) is 6. The molecule has 18 heteroatoms. The summed E-state index contributed by atoms with van der Waals surface area (Å²) in [6, 6.07) is -5.61. The molecule has 234 valence electrons. The predicted molar refractivity (Wildman–Crippen MR) is 150 cm³/mol. The van der Waals surface area contributed by atoms with Crippen LogP contribution in [0.5, 0.6) is 0 Å². The van der Waals surface area contributed by atoms with Crippen molar-refractivity contribution in [1.29, 1.82) is 0 Å². The molecule has 1 rings (SSSR count). The minimum absolute atomic E-state index is 0.00224. The minimum atomic E-state index is -1.27. The number of carboxylic acids is 1. The zero-order chi connectivity index (χ0) is 31.8. The molecule has 5 amide bonds. The van der Waals surface area contributed by atoms with Crippen LogP contribution in [0.3, 0.4) is 0 Å². The fourth-order valence-corrected chi connectivity index (χ4v) is 3.47. The molecule has 13 N–H and O–H groups in total. The van der Waals surface area contributed by atoms with Gasteiger partial charge in [0.1, 0.15) is 30.2 Å². The summed E-state index contributed by atoms with van der Waals surface area (Å²) in [6.07, 6.45) is 3.33. The summed E-state index contributed by atoms with van der Waals surface area (Å²) in [5, 5.41) is 21.6. The maximum Gasteiger partial charge on any atom is 0.326 e. The van der Waals surface area contributed by atoms with Gasteiger partial charge in [0, 0.05) is 37.8 Å². The van der Waals surface area contributed by atoms with Gasteiger partial charge in [-0.15, -0.1) is 0 Å². The molecular formula is C24H41N11O7. The van der Waals surface area contributed by atoms with E-state index in [1.807, 2.05) is 0 Å². The molecule has 0 aliphatic rings. The molecule has 0 saturated heterocycles. The van der Waals surface area contributed by atoms with Crippen LogP contribution >= 0.6 is 0 Å². The highest BCUT2D eigenvalue weighted by molar-refractivity contribution is 5.95. The first kappa shape index (κ1) is 35.3. The summed E-state index contributed by atoms with van der Waals surface area (Å²) >= 11 is 0. The smallest absolute Gasteiger partial charge is 0.326 e. The molecule has 0 bridgehead atoms. The third-order valence-corrected chi connectivity index (χ3v) is 5.82. The van der Waals surface area contributed by atoms with Crippen LogP contribution in [0.1, 0.15) is 45.7 Å². The third kappa shape index (κ3) is 13.1. The fourth-order valence-electron chi connectivity index (χ4n) is 3.47. The second-order valence-electron chi connectivity index (χ2n) is 9.48. The van der Waals surface area contributed by atoms with E-state index in [1.54, 1.807) is 0 Å². The molecule has 0 aliphatic carbocycles. The van der Waals surface area contributed by atoms with Gasteiger partial charge in [0.2, 0.25) is 29.5 Å². The number of carbonyl (C=O) groups is 6. The van der Waals surface area contributed by atoms with Gasteiger partial charge in [0.15, 0.2) is 5.96 Å². The van der Waals surface area contributed by atoms with Crippen LogP contribution in [0, 0.1) is 0 Å². The molecule has 1 aromatic rings. The molecular weight excluding hydrogens is 554 g/mol. The third-order valence-electron chi connectivity index (χ3n) is 5.82. The normalized spacial score (nSPS) is 14.2. The number of H-pyrrole nitrogens is 1. The largest absolute Gasteiger partial charge is 0.480 e. The van der Waals surface area contributed by atoms with Crippen molar-refractivity contribution in [2.24, 2.45) is 22.2 Å². The monoisotopic (exact) mass is 595 g/mol. The number of nitrogens with zero attached hydrogens (tertiary/aromatic N) is 2. The van der Waals surface area contributed by atoms with E-state index in [1.165, 1.54) is 33.3 Å². The Labute approximate surface area is 242 Å². The van der Waals surface area contributed by atoms with Gasteiger partial charge in [0.25, 0.3) is 0 Å². The summed E-state index contributed by atoms with van der Waals surface area (Å²) in [4.78, 5) is 84.6. The van der Waals surface area contributed by atoms with Gasteiger partial charge in [-0.2, -0.15) is 0 Å². The topological polar surface area (TPSA) is 302 Å². The fraction of sp³-hybridized carbons (Fsp3) is 0.583. The Kier molecular flexibility index (Phi) is 15.0. The Hall–Kier alpha value is -4.74. The van der Waals surface area contributed by atoms with Crippen LogP contribution in [0.25, 0.3) is 0 Å². The van der Waals surface area contributed by atoms with Gasteiger partial charge >= 0.3 is 5.97 Å². The standard InChI is InChI=1S/C24H41N11O7/c1-12(19(37)32-14(3)21(39)35-16(23(41)42)5-4-8-29-24(26)27)31-20(38)13(2)33-22(40)17(34-18(36)6-7-25)9-15-10-28-11-30-15/h10-14,16-17H,4-9,25H2,1-3H3,(H,28,30)(H,31,38)(H,32,37)(H,33,40)(H,34,36)(H,35,39)(H,41,42)(H4,26,27,29)/t12-,13-,14-,16-,17-/m0/s1. The molecule has 0 fully saturated rings. The van der Waals surface area contributed by atoms with E-state index in [0.717, 1.165) is 0 Å². The Balaban J connectivity index is 2.65.